The van der Waals surface area contributed by atoms with Gasteiger partial charge in [0.25, 0.3) is 5.91 Å². The summed E-state index contributed by atoms with van der Waals surface area (Å²) in [5, 5.41) is 2.98. The first-order valence-corrected chi connectivity index (χ1v) is 8.98. The van der Waals surface area contributed by atoms with Gasteiger partial charge in [0.05, 0.1) is 13.7 Å². The summed E-state index contributed by atoms with van der Waals surface area (Å²) >= 11 is 0. The van der Waals surface area contributed by atoms with E-state index in [1.165, 1.54) is 0 Å². The molecule has 5 heteroatoms. The molecule has 0 unspecified atom stereocenters. The summed E-state index contributed by atoms with van der Waals surface area (Å²) in [7, 11) is 1.61. The number of aromatic nitrogens is 1. The van der Waals surface area contributed by atoms with Gasteiger partial charge >= 0.3 is 0 Å². The van der Waals surface area contributed by atoms with Gasteiger partial charge < -0.3 is 19.4 Å². The van der Waals surface area contributed by atoms with Gasteiger partial charge in [0.1, 0.15) is 5.69 Å². The Morgan fingerprint density at radius 1 is 1.00 bits per heavy atom. The Morgan fingerprint density at radius 2 is 1.81 bits per heavy atom. The molecule has 0 atom stereocenters. The fraction of sp³-hybridized carbons (Fsp3) is 0.227. The zero-order valence-corrected chi connectivity index (χ0v) is 15.6. The molecule has 1 aromatic heterocycles. The molecule has 0 aliphatic heterocycles. The van der Waals surface area contributed by atoms with Crippen molar-refractivity contribution >= 4 is 5.91 Å². The van der Waals surface area contributed by atoms with Crippen molar-refractivity contribution in [1.82, 2.24) is 9.88 Å². The van der Waals surface area contributed by atoms with Crippen LogP contribution in [0, 0.1) is 0 Å². The molecule has 3 aromatic rings. The number of methoxy groups -OCH3 is 1. The lowest BCUT2D eigenvalue weighted by atomic mass is 10.2. The van der Waals surface area contributed by atoms with Crippen molar-refractivity contribution < 1.29 is 14.3 Å². The Kier molecular flexibility index (Phi) is 6.15. The van der Waals surface area contributed by atoms with Crippen LogP contribution in [0.1, 0.15) is 28.5 Å². The van der Waals surface area contributed by atoms with E-state index in [0.717, 1.165) is 11.1 Å². The summed E-state index contributed by atoms with van der Waals surface area (Å²) in [6.07, 6.45) is 1.92. The number of carbonyl (C=O) groups excluding carboxylic acids is 1. The molecule has 1 N–H and O–H groups in total. The van der Waals surface area contributed by atoms with Crippen LogP contribution in [0.3, 0.4) is 0 Å². The van der Waals surface area contributed by atoms with Gasteiger partial charge in [-0.1, -0.05) is 36.4 Å². The minimum absolute atomic E-state index is 0.107. The molecule has 2 aromatic carbocycles. The Hall–Kier alpha value is -3.21. The molecule has 1 amide bonds. The number of benzene rings is 2. The zero-order valence-electron chi connectivity index (χ0n) is 15.6. The molecule has 1 heterocycles. The minimum atomic E-state index is -0.107. The van der Waals surface area contributed by atoms with Gasteiger partial charge in [-0.05, 0) is 42.3 Å². The van der Waals surface area contributed by atoms with Gasteiger partial charge in [-0.25, -0.2) is 0 Å². The molecule has 0 aliphatic rings. The van der Waals surface area contributed by atoms with Crippen LogP contribution in [0.15, 0.2) is 66.9 Å². The first kappa shape index (κ1) is 18.6. The average molecular weight is 364 g/mol. The van der Waals surface area contributed by atoms with Crippen LogP contribution in [-0.4, -0.2) is 24.2 Å². The molecule has 0 fully saturated rings. The van der Waals surface area contributed by atoms with E-state index in [0.29, 0.717) is 36.9 Å². The van der Waals surface area contributed by atoms with Crippen molar-refractivity contribution in [2.75, 3.05) is 13.7 Å². The van der Waals surface area contributed by atoms with E-state index >= 15 is 0 Å². The Labute approximate surface area is 159 Å². The lowest BCUT2D eigenvalue weighted by Gasteiger charge is -2.13. The van der Waals surface area contributed by atoms with Crippen molar-refractivity contribution in [3.63, 3.8) is 0 Å². The standard InChI is InChI=1S/C22H24N2O3/c1-3-27-21-14-18(11-12-20(21)26-2)15-23-22(25)19-10-7-13-24(19)16-17-8-5-4-6-9-17/h4-14H,3,15-16H2,1-2H3,(H,23,25). The van der Waals surface area contributed by atoms with E-state index in [9.17, 15) is 4.79 Å². The molecular weight excluding hydrogens is 340 g/mol. The maximum absolute atomic E-state index is 12.6. The van der Waals surface area contributed by atoms with E-state index in [1.807, 2.05) is 78.4 Å². The number of amides is 1. The van der Waals surface area contributed by atoms with Crippen molar-refractivity contribution in [1.29, 1.82) is 0 Å². The predicted molar refractivity (Wildman–Crippen MR) is 105 cm³/mol. The molecule has 0 saturated heterocycles. The van der Waals surface area contributed by atoms with Crippen LogP contribution < -0.4 is 14.8 Å². The average Bonchev–Trinajstić information content (AvgIpc) is 3.15. The van der Waals surface area contributed by atoms with Gasteiger partial charge in [0.15, 0.2) is 11.5 Å². The number of hydrogen-bond donors (Lipinski definition) is 1. The molecule has 0 saturated carbocycles. The third kappa shape index (κ3) is 4.70. The molecular formula is C22H24N2O3. The van der Waals surface area contributed by atoms with Gasteiger partial charge in [-0.3, -0.25) is 4.79 Å². The topological polar surface area (TPSA) is 52.5 Å². The third-order valence-electron chi connectivity index (χ3n) is 4.24. The van der Waals surface area contributed by atoms with Gasteiger partial charge in [0.2, 0.25) is 0 Å². The fourth-order valence-electron chi connectivity index (χ4n) is 2.91. The van der Waals surface area contributed by atoms with Gasteiger partial charge in [-0.15, -0.1) is 0 Å². The first-order valence-electron chi connectivity index (χ1n) is 8.98. The van der Waals surface area contributed by atoms with E-state index in [4.69, 9.17) is 9.47 Å². The number of nitrogens with one attached hydrogen (secondary N) is 1. The highest BCUT2D eigenvalue weighted by atomic mass is 16.5. The molecule has 0 radical (unpaired) electrons. The number of ether oxygens (including phenoxy) is 2. The van der Waals surface area contributed by atoms with Crippen LogP contribution in [-0.2, 0) is 13.1 Å². The maximum atomic E-state index is 12.6. The van der Waals surface area contributed by atoms with Gasteiger partial charge in [0, 0.05) is 19.3 Å². The van der Waals surface area contributed by atoms with E-state index in [2.05, 4.69) is 5.32 Å². The molecule has 0 aliphatic carbocycles. The highest BCUT2D eigenvalue weighted by Crippen LogP contribution is 2.28. The first-order chi connectivity index (χ1) is 13.2. The molecule has 27 heavy (non-hydrogen) atoms. The minimum Gasteiger partial charge on any atom is -0.493 e. The second kappa shape index (κ2) is 8.94. The highest BCUT2D eigenvalue weighted by molar-refractivity contribution is 5.92. The number of carbonyl (C=O) groups is 1. The smallest absolute Gasteiger partial charge is 0.268 e. The Balaban J connectivity index is 1.67. The second-order valence-corrected chi connectivity index (χ2v) is 6.11. The summed E-state index contributed by atoms with van der Waals surface area (Å²) in [5.41, 5.74) is 2.74. The van der Waals surface area contributed by atoms with Crippen LogP contribution >= 0.6 is 0 Å². The summed E-state index contributed by atoms with van der Waals surface area (Å²) in [6, 6.07) is 19.5. The summed E-state index contributed by atoms with van der Waals surface area (Å²) in [6.45, 7) is 3.56. The molecule has 140 valence electrons. The molecule has 3 rings (SSSR count). The Morgan fingerprint density at radius 3 is 2.56 bits per heavy atom. The van der Waals surface area contributed by atoms with E-state index < -0.39 is 0 Å². The second-order valence-electron chi connectivity index (χ2n) is 6.11. The highest BCUT2D eigenvalue weighted by Gasteiger charge is 2.12. The lowest BCUT2D eigenvalue weighted by molar-refractivity contribution is 0.0942. The number of hydrogen-bond acceptors (Lipinski definition) is 3. The zero-order chi connectivity index (χ0) is 19.1. The monoisotopic (exact) mass is 364 g/mol. The van der Waals surface area contributed by atoms with Crippen LogP contribution in [0.2, 0.25) is 0 Å². The fourth-order valence-corrected chi connectivity index (χ4v) is 2.91. The third-order valence-corrected chi connectivity index (χ3v) is 4.24. The predicted octanol–water partition coefficient (Wildman–Crippen LogP) is 3.87. The summed E-state index contributed by atoms with van der Waals surface area (Å²) < 4.78 is 12.8. The van der Waals surface area contributed by atoms with Crippen molar-refractivity contribution in [3.05, 3.63) is 83.7 Å². The Bertz CT molecular complexity index is 888. The summed E-state index contributed by atoms with van der Waals surface area (Å²) in [4.78, 5) is 12.6. The van der Waals surface area contributed by atoms with E-state index in [1.54, 1.807) is 7.11 Å². The SMILES string of the molecule is CCOc1cc(CNC(=O)c2cccn2Cc2ccccc2)ccc1OC. The van der Waals surface area contributed by atoms with Gasteiger partial charge in [-0.2, -0.15) is 0 Å². The van der Waals surface area contributed by atoms with Crippen molar-refractivity contribution in [3.8, 4) is 11.5 Å². The quantitative estimate of drug-likeness (QED) is 0.660. The van der Waals surface area contributed by atoms with Crippen LogP contribution in [0.5, 0.6) is 11.5 Å². The van der Waals surface area contributed by atoms with E-state index in [-0.39, 0.29) is 5.91 Å². The van der Waals surface area contributed by atoms with Crippen molar-refractivity contribution in [2.24, 2.45) is 0 Å². The normalized spacial score (nSPS) is 10.4. The maximum Gasteiger partial charge on any atom is 0.268 e. The number of nitrogens with zero attached hydrogens (tertiary/aromatic N) is 1. The molecule has 0 spiro atoms. The largest absolute Gasteiger partial charge is 0.493 e. The number of rotatable bonds is 8. The molecule has 0 bridgehead atoms. The van der Waals surface area contributed by atoms with Crippen molar-refractivity contribution in [2.45, 2.75) is 20.0 Å². The lowest BCUT2D eigenvalue weighted by Crippen LogP contribution is -2.25. The summed E-state index contributed by atoms with van der Waals surface area (Å²) in [5.74, 6) is 1.26. The molecule has 5 nitrogen and oxygen atoms in total. The van der Waals surface area contributed by atoms with Crippen LogP contribution in [0.25, 0.3) is 0 Å². The van der Waals surface area contributed by atoms with Crippen LogP contribution in [0.4, 0.5) is 0 Å².